The second-order valence-electron chi connectivity index (χ2n) is 5.41. The highest BCUT2D eigenvalue weighted by Gasteiger charge is 2.21. The van der Waals surface area contributed by atoms with Crippen LogP contribution < -0.4 is 16.4 Å². The summed E-state index contributed by atoms with van der Waals surface area (Å²) in [6, 6.07) is 14.9. The molecule has 0 heterocycles. The number of hydrogen-bond acceptors (Lipinski definition) is 4. The van der Waals surface area contributed by atoms with Gasteiger partial charge < -0.3 is 26.6 Å². The number of carboxylic acids is 2. The van der Waals surface area contributed by atoms with Crippen LogP contribution in [-0.2, 0) is 9.59 Å². The van der Waals surface area contributed by atoms with Crippen molar-refractivity contribution in [2.24, 2.45) is 5.73 Å². The number of hydrogen-bond donors (Lipinski definition) is 5. The second kappa shape index (κ2) is 12.9. The van der Waals surface area contributed by atoms with E-state index in [0.29, 0.717) is 17.7 Å². The maximum absolute atomic E-state index is 11.2. The maximum atomic E-state index is 11.2. The summed E-state index contributed by atoms with van der Waals surface area (Å²) in [5.41, 5.74) is 6.51. The SMILES string of the molecule is C.CCNC(=O)N[C@@H](C(=O)O)c1ccccc1.N[C@@H](C(=O)O)c1ccccc1. The van der Waals surface area contributed by atoms with Crippen molar-refractivity contribution in [3.05, 3.63) is 71.8 Å². The first-order chi connectivity index (χ1) is 12.9. The normalized spacial score (nSPS) is 11.5. The minimum Gasteiger partial charge on any atom is -0.480 e. The summed E-state index contributed by atoms with van der Waals surface area (Å²) >= 11 is 0. The zero-order valence-corrected chi connectivity index (χ0v) is 14.8. The van der Waals surface area contributed by atoms with Gasteiger partial charge in [-0.2, -0.15) is 0 Å². The number of carboxylic acid groups (broad SMARTS) is 2. The predicted molar refractivity (Wildman–Crippen MR) is 107 cm³/mol. The highest BCUT2D eigenvalue weighted by molar-refractivity contribution is 5.83. The van der Waals surface area contributed by atoms with Crippen LogP contribution in [0.4, 0.5) is 4.79 Å². The zero-order valence-electron chi connectivity index (χ0n) is 14.8. The largest absolute Gasteiger partial charge is 0.480 e. The highest BCUT2D eigenvalue weighted by atomic mass is 16.4. The Hall–Kier alpha value is -3.39. The summed E-state index contributed by atoms with van der Waals surface area (Å²) in [5, 5.41) is 22.4. The molecule has 2 atom stereocenters. The van der Waals surface area contributed by atoms with E-state index in [9.17, 15) is 14.4 Å². The smallest absolute Gasteiger partial charge is 0.330 e. The van der Waals surface area contributed by atoms with Crippen LogP contribution in [0.5, 0.6) is 0 Å². The molecule has 0 saturated heterocycles. The van der Waals surface area contributed by atoms with Gasteiger partial charge in [-0.15, -0.1) is 0 Å². The van der Waals surface area contributed by atoms with E-state index in [1.165, 1.54) is 0 Å². The minimum atomic E-state index is -1.09. The molecule has 0 unspecified atom stereocenters. The van der Waals surface area contributed by atoms with Gasteiger partial charge in [0.2, 0.25) is 0 Å². The lowest BCUT2D eigenvalue weighted by Crippen LogP contribution is -2.40. The quantitative estimate of drug-likeness (QED) is 0.514. The van der Waals surface area contributed by atoms with Crippen LogP contribution >= 0.6 is 0 Å². The molecule has 0 spiro atoms. The molecule has 0 saturated carbocycles. The van der Waals surface area contributed by atoms with Gasteiger partial charge >= 0.3 is 18.0 Å². The van der Waals surface area contributed by atoms with E-state index in [1.54, 1.807) is 61.5 Å². The van der Waals surface area contributed by atoms with Gasteiger partial charge in [-0.05, 0) is 18.1 Å². The molecule has 0 aromatic heterocycles. The molecule has 0 aliphatic carbocycles. The van der Waals surface area contributed by atoms with E-state index >= 15 is 0 Å². The van der Waals surface area contributed by atoms with Gasteiger partial charge in [-0.25, -0.2) is 9.59 Å². The average molecular weight is 389 g/mol. The molecule has 2 aromatic carbocycles. The van der Waals surface area contributed by atoms with Gasteiger partial charge in [0.25, 0.3) is 0 Å². The van der Waals surface area contributed by atoms with Gasteiger partial charge in [-0.3, -0.25) is 4.79 Å². The fourth-order valence-corrected chi connectivity index (χ4v) is 2.08. The third kappa shape index (κ3) is 8.33. The lowest BCUT2D eigenvalue weighted by molar-refractivity contribution is -0.140. The molecule has 8 nitrogen and oxygen atoms in total. The average Bonchev–Trinajstić information content (AvgIpc) is 2.67. The minimum absolute atomic E-state index is 0. The fraction of sp³-hybridized carbons (Fsp3) is 0.250. The number of aliphatic carboxylic acids is 2. The number of urea groups is 1. The number of nitrogens with two attached hydrogens (primary N) is 1. The third-order valence-electron chi connectivity index (χ3n) is 3.42. The molecule has 0 aliphatic rings. The topological polar surface area (TPSA) is 142 Å². The van der Waals surface area contributed by atoms with Crippen molar-refractivity contribution in [3.63, 3.8) is 0 Å². The Balaban J connectivity index is 0.000000535. The third-order valence-corrected chi connectivity index (χ3v) is 3.42. The monoisotopic (exact) mass is 389 g/mol. The van der Waals surface area contributed by atoms with E-state index < -0.39 is 30.1 Å². The van der Waals surface area contributed by atoms with Crippen LogP contribution in [0.1, 0.15) is 37.6 Å². The molecular weight excluding hydrogens is 362 g/mol. The summed E-state index contributed by atoms with van der Waals surface area (Å²) in [6.45, 7) is 2.21. The van der Waals surface area contributed by atoms with E-state index in [-0.39, 0.29) is 7.43 Å². The molecule has 2 aromatic rings. The molecular formula is C20H27N3O5. The molecule has 0 radical (unpaired) electrons. The number of amides is 2. The standard InChI is InChI=1S/C11H14N2O3.C8H9NO2.CH4/c1-2-12-11(16)13-9(10(14)15)8-6-4-3-5-7-8;9-7(8(10)11)6-4-2-1-3-5-6;/h3-7,9H,2H2,1H3,(H,14,15)(H2,12,13,16);1-5,7H,9H2,(H,10,11);1H4/t9-;7-;/m11./s1. The lowest BCUT2D eigenvalue weighted by atomic mass is 10.1. The van der Waals surface area contributed by atoms with Crippen molar-refractivity contribution in [1.82, 2.24) is 10.6 Å². The summed E-state index contributed by atoms with van der Waals surface area (Å²) in [6.07, 6.45) is 0. The molecule has 28 heavy (non-hydrogen) atoms. The molecule has 6 N–H and O–H groups in total. The van der Waals surface area contributed by atoms with E-state index in [1.807, 2.05) is 6.07 Å². The second-order valence-corrected chi connectivity index (χ2v) is 5.41. The Morgan fingerprint density at radius 3 is 1.75 bits per heavy atom. The molecule has 0 fully saturated rings. The van der Waals surface area contributed by atoms with Gasteiger partial charge in [0.15, 0.2) is 6.04 Å². The van der Waals surface area contributed by atoms with Crippen molar-refractivity contribution in [3.8, 4) is 0 Å². The molecule has 0 aliphatic heterocycles. The lowest BCUT2D eigenvalue weighted by Gasteiger charge is -2.14. The number of carbonyl (C=O) groups excluding carboxylic acids is 1. The molecule has 2 rings (SSSR count). The predicted octanol–water partition coefficient (Wildman–Crippen LogP) is 2.54. The molecule has 152 valence electrons. The van der Waals surface area contributed by atoms with Crippen molar-refractivity contribution in [1.29, 1.82) is 0 Å². The van der Waals surface area contributed by atoms with Crippen LogP contribution in [0.15, 0.2) is 60.7 Å². The maximum Gasteiger partial charge on any atom is 0.330 e. The van der Waals surface area contributed by atoms with Crippen LogP contribution in [0.2, 0.25) is 0 Å². The van der Waals surface area contributed by atoms with E-state index in [4.69, 9.17) is 15.9 Å². The van der Waals surface area contributed by atoms with Gasteiger partial charge in [0.05, 0.1) is 0 Å². The van der Waals surface area contributed by atoms with Crippen LogP contribution in [0.3, 0.4) is 0 Å². The van der Waals surface area contributed by atoms with Gasteiger partial charge in [0.1, 0.15) is 6.04 Å². The first-order valence-electron chi connectivity index (χ1n) is 8.22. The first-order valence-corrected chi connectivity index (χ1v) is 8.22. The van der Waals surface area contributed by atoms with Crippen molar-refractivity contribution < 1.29 is 24.6 Å². The van der Waals surface area contributed by atoms with Gasteiger partial charge in [-0.1, -0.05) is 68.1 Å². The number of nitrogens with one attached hydrogen (secondary N) is 2. The molecule has 0 bridgehead atoms. The molecule has 8 heteroatoms. The van der Waals surface area contributed by atoms with E-state index in [0.717, 1.165) is 0 Å². The summed E-state index contributed by atoms with van der Waals surface area (Å²) in [7, 11) is 0. The Labute approximate surface area is 164 Å². The van der Waals surface area contributed by atoms with Crippen molar-refractivity contribution >= 4 is 18.0 Å². The Morgan fingerprint density at radius 1 is 0.893 bits per heavy atom. The van der Waals surface area contributed by atoms with Crippen LogP contribution in [-0.4, -0.2) is 34.7 Å². The Morgan fingerprint density at radius 2 is 1.36 bits per heavy atom. The fourth-order valence-electron chi connectivity index (χ4n) is 2.08. The summed E-state index contributed by atoms with van der Waals surface area (Å²) < 4.78 is 0. The number of carbonyl (C=O) groups is 3. The number of benzene rings is 2. The van der Waals surface area contributed by atoms with Crippen LogP contribution in [0.25, 0.3) is 0 Å². The van der Waals surface area contributed by atoms with Crippen molar-refractivity contribution in [2.75, 3.05) is 6.54 Å². The van der Waals surface area contributed by atoms with E-state index in [2.05, 4.69) is 10.6 Å². The number of rotatable bonds is 6. The Bertz CT molecular complexity index is 738. The van der Waals surface area contributed by atoms with Gasteiger partial charge in [0, 0.05) is 6.54 Å². The highest BCUT2D eigenvalue weighted by Crippen LogP contribution is 2.12. The summed E-state index contributed by atoms with van der Waals surface area (Å²) in [4.78, 5) is 32.6. The van der Waals surface area contributed by atoms with Crippen molar-refractivity contribution in [2.45, 2.75) is 26.4 Å². The Kier molecular flexibility index (Phi) is 11.3. The summed E-state index contributed by atoms with van der Waals surface area (Å²) in [5.74, 6) is -2.09. The first kappa shape index (κ1) is 24.6. The zero-order chi connectivity index (χ0) is 20.2. The van der Waals surface area contributed by atoms with Crippen LogP contribution in [0, 0.1) is 0 Å². The molecule has 2 amide bonds.